The van der Waals surface area contributed by atoms with Gasteiger partial charge in [-0.3, -0.25) is 4.79 Å². The van der Waals surface area contributed by atoms with Crippen molar-refractivity contribution in [1.82, 2.24) is 10.2 Å². The first-order valence-electron chi connectivity index (χ1n) is 7.87. The van der Waals surface area contributed by atoms with E-state index in [0.717, 1.165) is 32.5 Å². The van der Waals surface area contributed by atoms with Crippen LogP contribution < -0.4 is 5.32 Å². The molecule has 1 fully saturated rings. The van der Waals surface area contributed by atoms with Crippen molar-refractivity contribution < 1.29 is 4.79 Å². The SMILES string of the molecule is O=C1C[C@@H](NCc2ccsc2)CN1CCCc1ccccc1. The van der Waals surface area contributed by atoms with Gasteiger partial charge in [-0.2, -0.15) is 11.3 Å². The Morgan fingerprint density at radius 3 is 2.82 bits per heavy atom. The third kappa shape index (κ3) is 4.18. The van der Waals surface area contributed by atoms with Crippen LogP contribution in [-0.4, -0.2) is 29.9 Å². The molecule has 1 amide bonds. The maximum atomic E-state index is 12.1. The van der Waals surface area contributed by atoms with E-state index >= 15 is 0 Å². The fraction of sp³-hybridized carbons (Fsp3) is 0.389. The molecule has 3 rings (SSSR count). The number of hydrogen-bond acceptors (Lipinski definition) is 3. The third-order valence-corrected chi connectivity index (χ3v) is 4.86. The Hall–Kier alpha value is -1.65. The fourth-order valence-electron chi connectivity index (χ4n) is 2.90. The van der Waals surface area contributed by atoms with Crippen LogP contribution in [0.3, 0.4) is 0 Å². The van der Waals surface area contributed by atoms with Crippen molar-refractivity contribution in [2.75, 3.05) is 13.1 Å². The van der Waals surface area contributed by atoms with Crippen LogP contribution in [0.25, 0.3) is 0 Å². The van der Waals surface area contributed by atoms with Crippen LogP contribution in [-0.2, 0) is 17.8 Å². The summed E-state index contributed by atoms with van der Waals surface area (Å²) >= 11 is 1.71. The van der Waals surface area contributed by atoms with E-state index < -0.39 is 0 Å². The van der Waals surface area contributed by atoms with E-state index in [-0.39, 0.29) is 5.91 Å². The standard InChI is InChI=1S/C18H22N2OS/c21-18-11-17(19-12-16-8-10-22-14-16)13-20(18)9-4-7-15-5-2-1-3-6-15/h1-3,5-6,8,10,14,17,19H,4,7,9,11-13H2/t17-/m1/s1. The lowest BCUT2D eigenvalue weighted by Crippen LogP contribution is -2.32. The number of amides is 1. The van der Waals surface area contributed by atoms with Crippen LogP contribution in [0.4, 0.5) is 0 Å². The highest BCUT2D eigenvalue weighted by Crippen LogP contribution is 2.14. The maximum absolute atomic E-state index is 12.1. The molecule has 1 aliphatic heterocycles. The van der Waals surface area contributed by atoms with Gasteiger partial charge in [-0.15, -0.1) is 0 Å². The summed E-state index contributed by atoms with van der Waals surface area (Å²) in [6.07, 6.45) is 2.71. The summed E-state index contributed by atoms with van der Waals surface area (Å²) in [4.78, 5) is 14.1. The monoisotopic (exact) mass is 314 g/mol. The highest BCUT2D eigenvalue weighted by Gasteiger charge is 2.28. The fourth-order valence-corrected chi connectivity index (χ4v) is 3.57. The predicted molar refractivity (Wildman–Crippen MR) is 90.9 cm³/mol. The summed E-state index contributed by atoms with van der Waals surface area (Å²) in [5.41, 5.74) is 2.65. The molecule has 1 aromatic heterocycles. The minimum absolute atomic E-state index is 0.288. The van der Waals surface area contributed by atoms with Crippen molar-refractivity contribution in [3.63, 3.8) is 0 Å². The third-order valence-electron chi connectivity index (χ3n) is 4.13. The van der Waals surface area contributed by atoms with Gasteiger partial charge in [0.25, 0.3) is 0 Å². The van der Waals surface area contributed by atoms with Gasteiger partial charge in [0.1, 0.15) is 0 Å². The van der Waals surface area contributed by atoms with Crippen LogP contribution in [0.15, 0.2) is 47.2 Å². The molecule has 0 unspecified atom stereocenters. The normalized spacial score (nSPS) is 18.1. The van der Waals surface area contributed by atoms with Gasteiger partial charge < -0.3 is 10.2 Å². The van der Waals surface area contributed by atoms with Gasteiger partial charge in [0.2, 0.25) is 5.91 Å². The first kappa shape index (κ1) is 15.3. The van der Waals surface area contributed by atoms with Crippen LogP contribution in [0.5, 0.6) is 0 Å². The van der Waals surface area contributed by atoms with Gasteiger partial charge in [0.05, 0.1) is 0 Å². The second-order valence-electron chi connectivity index (χ2n) is 5.84. The largest absolute Gasteiger partial charge is 0.341 e. The Morgan fingerprint density at radius 2 is 2.05 bits per heavy atom. The smallest absolute Gasteiger partial charge is 0.224 e. The number of carbonyl (C=O) groups is 1. The molecule has 0 radical (unpaired) electrons. The molecule has 1 atom stereocenters. The second-order valence-corrected chi connectivity index (χ2v) is 6.62. The average molecular weight is 314 g/mol. The number of rotatable bonds is 7. The van der Waals surface area contributed by atoms with Gasteiger partial charge in [0.15, 0.2) is 0 Å². The van der Waals surface area contributed by atoms with Crippen molar-refractivity contribution in [3.8, 4) is 0 Å². The first-order valence-corrected chi connectivity index (χ1v) is 8.82. The quantitative estimate of drug-likeness (QED) is 0.852. The number of thiophene rings is 1. The zero-order valence-electron chi connectivity index (χ0n) is 12.7. The van der Waals surface area contributed by atoms with Crippen LogP contribution in [0.1, 0.15) is 24.0 Å². The molecule has 0 spiro atoms. The lowest BCUT2D eigenvalue weighted by Gasteiger charge is -2.17. The molecule has 1 aliphatic rings. The number of nitrogens with zero attached hydrogens (tertiary/aromatic N) is 1. The maximum Gasteiger partial charge on any atom is 0.224 e. The Kier molecular flexibility index (Phi) is 5.24. The summed E-state index contributed by atoms with van der Waals surface area (Å²) in [7, 11) is 0. The molecular formula is C18H22N2OS. The molecule has 116 valence electrons. The molecule has 2 aromatic rings. The van der Waals surface area contributed by atoms with E-state index in [1.807, 2.05) is 11.0 Å². The van der Waals surface area contributed by atoms with E-state index in [0.29, 0.717) is 12.5 Å². The molecule has 0 bridgehead atoms. The van der Waals surface area contributed by atoms with Crippen molar-refractivity contribution in [2.24, 2.45) is 0 Å². The summed E-state index contributed by atoms with van der Waals surface area (Å²) < 4.78 is 0. The number of hydrogen-bond donors (Lipinski definition) is 1. The average Bonchev–Trinajstić information content (AvgIpc) is 3.17. The van der Waals surface area contributed by atoms with Crippen molar-refractivity contribution in [2.45, 2.75) is 31.8 Å². The van der Waals surface area contributed by atoms with Crippen LogP contribution in [0, 0.1) is 0 Å². The highest BCUT2D eigenvalue weighted by molar-refractivity contribution is 7.07. The molecule has 0 saturated carbocycles. The summed E-state index contributed by atoms with van der Waals surface area (Å²) in [6, 6.07) is 12.9. The lowest BCUT2D eigenvalue weighted by molar-refractivity contribution is -0.127. The molecule has 2 heterocycles. The van der Waals surface area contributed by atoms with E-state index in [1.165, 1.54) is 11.1 Å². The zero-order valence-corrected chi connectivity index (χ0v) is 13.5. The Bertz CT molecular complexity index is 582. The molecule has 1 N–H and O–H groups in total. The first-order chi connectivity index (χ1) is 10.8. The Balaban J connectivity index is 1.40. The minimum Gasteiger partial charge on any atom is -0.341 e. The molecule has 3 nitrogen and oxygen atoms in total. The van der Waals surface area contributed by atoms with E-state index in [2.05, 4.69) is 46.4 Å². The van der Waals surface area contributed by atoms with Crippen LogP contribution >= 0.6 is 11.3 Å². The summed E-state index contributed by atoms with van der Waals surface area (Å²) in [5, 5.41) is 7.74. The van der Waals surface area contributed by atoms with Gasteiger partial charge in [-0.25, -0.2) is 0 Å². The summed E-state index contributed by atoms with van der Waals surface area (Å²) in [5.74, 6) is 0.288. The van der Waals surface area contributed by atoms with Gasteiger partial charge in [-0.1, -0.05) is 30.3 Å². The van der Waals surface area contributed by atoms with Gasteiger partial charge >= 0.3 is 0 Å². The number of nitrogens with one attached hydrogen (secondary N) is 1. The topological polar surface area (TPSA) is 32.3 Å². The molecule has 1 aromatic carbocycles. The van der Waals surface area contributed by atoms with E-state index in [1.54, 1.807) is 11.3 Å². The number of carbonyl (C=O) groups excluding carboxylic acids is 1. The molecule has 22 heavy (non-hydrogen) atoms. The lowest BCUT2D eigenvalue weighted by atomic mass is 10.1. The molecule has 4 heteroatoms. The van der Waals surface area contributed by atoms with Gasteiger partial charge in [0, 0.05) is 32.1 Å². The Labute approximate surface area is 136 Å². The highest BCUT2D eigenvalue weighted by atomic mass is 32.1. The minimum atomic E-state index is 0.288. The van der Waals surface area contributed by atoms with Crippen LogP contribution in [0.2, 0.25) is 0 Å². The molecule has 1 saturated heterocycles. The van der Waals surface area contributed by atoms with E-state index in [4.69, 9.17) is 0 Å². The predicted octanol–water partition coefficient (Wildman–Crippen LogP) is 3.07. The van der Waals surface area contributed by atoms with Gasteiger partial charge in [-0.05, 0) is 40.8 Å². The van der Waals surface area contributed by atoms with E-state index in [9.17, 15) is 4.79 Å². The van der Waals surface area contributed by atoms with Crippen molar-refractivity contribution >= 4 is 17.2 Å². The number of aryl methyl sites for hydroxylation is 1. The molecular weight excluding hydrogens is 292 g/mol. The number of likely N-dealkylation sites (tertiary alicyclic amines) is 1. The summed E-state index contributed by atoms with van der Waals surface area (Å²) in [6.45, 7) is 2.57. The van der Waals surface area contributed by atoms with Crippen molar-refractivity contribution in [3.05, 3.63) is 58.3 Å². The number of benzene rings is 1. The zero-order chi connectivity index (χ0) is 15.2. The Morgan fingerprint density at radius 1 is 1.18 bits per heavy atom. The van der Waals surface area contributed by atoms with Crippen molar-refractivity contribution in [1.29, 1.82) is 0 Å². The molecule has 0 aliphatic carbocycles. The second kappa shape index (κ2) is 7.56.